The maximum atomic E-state index is 5.63. The minimum absolute atomic E-state index is 0.468. The molecule has 0 saturated heterocycles. The second-order valence-corrected chi connectivity index (χ2v) is 5.38. The van der Waals surface area contributed by atoms with Gasteiger partial charge in [-0.15, -0.1) is 0 Å². The first kappa shape index (κ1) is 11.6. The van der Waals surface area contributed by atoms with E-state index in [0.29, 0.717) is 19.3 Å². The molecule has 3 heteroatoms. The lowest BCUT2D eigenvalue weighted by atomic mass is 10.1. The lowest BCUT2D eigenvalue weighted by Crippen LogP contribution is -2.20. The summed E-state index contributed by atoms with van der Waals surface area (Å²) in [7, 11) is 0. The standard InChI is InChI=1S/C17H17NO2/c1-2-4-13-10-15(9-12(13)3-1)18-14-5-6-16-17(11-14)20-8-7-19-16/h1-6,11,15,18H,7-10H2. The Labute approximate surface area is 118 Å². The second kappa shape index (κ2) is 4.75. The van der Waals surface area contributed by atoms with Crippen molar-refractivity contribution in [3.63, 3.8) is 0 Å². The molecule has 0 fully saturated rings. The summed E-state index contributed by atoms with van der Waals surface area (Å²) in [6, 6.07) is 15.2. The lowest BCUT2D eigenvalue weighted by Gasteiger charge is -2.20. The summed E-state index contributed by atoms with van der Waals surface area (Å²) >= 11 is 0. The van der Waals surface area contributed by atoms with Crippen molar-refractivity contribution < 1.29 is 9.47 Å². The van der Waals surface area contributed by atoms with Crippen LogP contribution >= 0.6 is 0 Å². The van der Waals surface area contributed by atoms with Crippen LogP contribution in [0.25, 0.3) is 0 Å². The predicted octanol–water partition coefficient (Wildman–Crippen LogP) is 3.04. The van der Waals surface area contributed by atoms with Gasteiger partial charge in [-0.3, -0.25) is 0 Å². The highest BCUT2D eigenvalue weighted by Crippen LogP contribution is 2.33. The lowest BCUT2D eigenvalue weighted by molar-refractivity contribution is 0.171. The van der Waals surface area contributed by atoms with E-state index in [9.17, 15) is 0 Å². The number of hydrogen-bond donors (Lipinski definition) is 1. The van der Waals surface area contributed by atoms with Gasteiger partial charge in [0.1, 0.15) is 13.2 Å². The van der Waals surface area contributed by atoms with Crippen molar-refractivity contribution in [2.45, 2.75) is 18.9 Å². The fourth-order valence-corrected chi connectivity index (χ4v) is 3.03. The van der Waals surface area contributed by atoms with Crippen LogP contribution in [0.5, 0.6) is 11.5 Å². The number of fused-ring (bicyclic) bond motifs is 2. The van der Waals surface area contributed by atoms with Crippen LogP contribution in [0, 0.1) is 0 Å². The van der Waals surface area contributed by atoms with Crippen molar-refractivity contribution in [2.24, 2.45) is 0 Å². The zero-order chi connectivity index (χ0) is 13.4. The van der Waals surface area contributed by atoms with Gasteiger partial charge in [-0.25, -0.2) is 0 Å². The molecule has 2 aromatic carbocycles. The van der Waals surface area contributed by atoms with Crippen LogP contribution in [0.2, 0.25) is 0 Å². The highest BCUT2D eigenvalue weighted by atomic mass is 16.6. The van der Waals surface area contributed by atoms with E-state index in [1.54, 1.807) is 0 Å². The third kappa shape index (κ3) is 2.09. The van der Waals surface area contributed by atoms with E-state index in [-0.39, 0.29) is 0 Å². The van der Waals surface area contributed by atoms with E-state index >= 15 is 0 Å². The smallest absolute Gasteiger partial charge is 0.163 e. The van der Waals surface area contributed by atoms with Crippen LogP contribution in [0.15, 0.2) is 42.5 Å². The summed E-state index contributed by atoms with van der Waals surface area (Å²) in [5, 5.41) is 3.60. The highest BCUT2D eigenvalue weighted by molar-refractivity contribution is 5.56. The van der Waals surface area contributed by atoms with Crippen LogP contribution < -0.4 is 14.8 Å². The Hall–Kier alpha value is -2.16. The van der Waals surface area contributed by atoms with Crippen molar-refractivity contribution in [3.8, 4) is 11.5 Å². The molecule has 2 aliphatic rings. The van der Waals surface area contributed by atoms with E-state index < -0.39 is 0 Å². The van der Waals surface area contributed by atoms with Crippen molar-refractivity contribution in [1.29, 1.82) is 0 Å². The molecule has 0 unspecified atom stereocenters. The maximum absolute atomic E-state index is 5.63. The summed E-state index contributed by atoms with van der Waals surface area (Å²) in [5.74, 6) is 1.69. The van der Waals surface area contributed by atoms with Crippen LogP contribution in [0.3, 0.4) is 0 Å². The van der Waals surface area contributed by atoms with E-state index in [2.05, 4.69) is 35.6 Å². The topological polar surface area (TPSA) is 30.5 Å². The van der Waals surface area contributed by atoms with Crippen LogP contribution in [0.4, 0.5) is 5.69 Å². The fraction of sp³-hybridized carbons (Fsp3) is 0.294. The summed E-state index contributed by atoms with van der Waals surface area (Å²) in [4.78, 5) is 0. The van der Waals surface area contributed by atoms with Crippen LogP contribution in [-0.2, 0) is 12.8 Å². The summed E-state index contributed by atoms with van der Waals surface area (Å²) in [6.07, 6.45) is 2.18. The molecule has 20 heavy (non-hydrogen) atoms. The average molecular weight is 267 g/mol. The molecule has 1 heterocycles. The molecule has 0 aromatic heterocycles. The van der Waals surface area contributed by atoms with Gasteiger partial charge < -0.3 is 14.8 Å². The normalized spacial score (nSPS) is 16.8. The van der Waals surface area contributed by atoms with Gasteiger partial charge in [0.25, 0.3) is 0 Å². The molecule has 102 valence electrons. The Kier molecular flexibility index (Phi) is 2.76. The highest BCUT2D eigenvalue weighted by Gasteiger charge is 2.21. The molecular formula is C17H17NO2. The van der Waals surface area contributed by atoms with Gasteiger partial charge >= 0.3 is 0 Å². The Morgan fingerprint density at radius 1 is 0.850 bits per heavy atom. The zero-order valence-electron chi connectivity index (χ0n) is 11.3. The number of ether oxygens (including phenoxy) is 2. The van der Waals surface area contributed by atoms with Crippen molar-refractivity contribution in [1.82, 2.24) is 0 Å². The average Bonchev–Trinajstić information content (AvgIpc) is 2.89. The van der Waals surface area contributed by atoms with Gasteiger partial charge in [0.05, 0.1) is 0 Å². The minimum atomic E-state index is 0.468. The molecule has 0 atom stereocenters. The zero-order valence-corrected chi connectivity index (χ0v) is 11.3. The monoisotopic (exact) mass is 267 g/mol. The number of anilines is 1. The van der Waals surface area contributed by atoms with E-state index in [0.717, 1.165) is 30.0 Å². The fourth-order valence-electron chi connectivity index (χ4n) is 3.03. The molecule has 1 aliphatic heterocycles. The number of nitrogens with one attached hydrogen (secondary N) is 1. The summed E-state index contributed by atoms with van der Waals surface area (Å²) in [5.41, 5.74) is 4.03. The first-order chi connectivity index (χ1) is 9.88. The number of rotatable bonds is 2. The van der Waals surface area contributed by atoms with Gasteiger partial charge in [0.2, 0.25) is 0 Å². The Bertz CT molecular complexity index is 614. The van der Waals surface area contributed by atoms with E-state index in [1.807, 2.05) is 12.1 Å². The largest absolute Gasteiger partial charge is 0.486 e. The Morgan fingerprint density at radius 3 is 2.30 bits per heavy atom. The molecule has 0 radical (unpaired) electrons. The van der Waals surface area contributed by atoms with Gasteiger partial charge in [-0.1, -0.05) is 24.3 Å². The third-order valence-corrected chi connectivity index (χ3v) is 3.96. The molecule has 4 rings (SSSR count). The van der Waals surface area contributed by atoms with Crippen molar-refractivity contribution >= 4 is 5.69 Å². The van der Waals surface area contributed by atoms with Crippen molar-refractivity contribution in [3.05, 3.63) is 53.6 Å². The number of hydrogen-bond acceptors (Lipinski definition) is 3. The number of benzene rings is 2. The van der Waals surface area contributed by atoms with Gasteiger partial charge in [0, 0.05) is 17.8 Å². The molecule has 0 saturated carbocycles. The Morgan fingerprint density at radius 2 is 1.55 bits per heavy atom. The maximum Gasteiger partial charge on any atom is 0.163 e. The molecule has 1 aliphatic carbocycles. The van der Waals surface area contributed by atoms with Crippen molar-refractivity contribution in [2.75, 3.05) is 18.5 Å². The first-order valence-corrected chi connectivity index (χ1v) is 7.11. The van der Waals surface area contributed by atoms with Gasteiger partial charge in [-0.05, 0) is 36.1 Å². The molecule has 0 bridgehead atoms. The first-order valence-electron chi connectivity index (χ1n) is 7.11. The summed E-state index contributed by atoms with van der Waals surface area (Å²) < 4.78 is 11.2. The second-order valence-electron chi connectivity index (χ2n) is 5.38. The van der Waals surface area contributed by atoms with Gasteiger partial charge in [-0.2, -0.15) is 0 Å². The van der Waals surface area contributed by atoms with E-state index in [4.69, 9.17) is 9.47 Å². The SMILES string of the molecule is c1ccc2c(c1)CC(Nc1ccc3c(c1)OCCO3)C2. The van der Waals surface area contributed by atoms with Crippen LogP contribution in [-0.4, -0.2) is 19.3 Å². The summed E-state index contributed by atoms with van der Waals surface area (Å²) in [6.45, 7) is 1.27. The molecular weight excluding hydrogens is 250 g/mol. The molecule has 1 N–H and O–H groups in total. The molecule has 0 amide bonds. The Balaban J connectivity index is 1.50. The van der Waals surface area contributed by atoms with Crippen LogP contribution in [0.1, 0.15) is 11.1 Å². The molecule has 0 spiro atoms. The third-order valence-electron chi connectivity index (χ3n) is 3.96. The molecule has 2 aromatic rings. The minimum Gasteiger partial charge on any atom is -0.486 e. The predicted molar refractivity (Wildman–Crippen MR) is 78.7 cm³/mol. The molecule has 3 nitrogen and oxygen atoms in total. The van der Waals surface area contributed by atoms with Gasteiger partial charge in [0.15, 0.2) is 11.5 Å². The quantitative estimate of drug-likeness (QED) is 0.907. The van der Waals surface area contributed by atoms with E-state index in [1.165, 1.54) is 11.1 Å².